The summed E-state index contributed by atoms with van der Waals surface area (Å²) in [6, 6.07) is 7.13. The van der Waals surface area contributed by atoms with Gasteiger partial charge in [-0.2, -0.15) is 4.99 Å². The van der Waals surface area contributed by atoms with Crippen LogP contribution in [0.15, 0.2) is 29.3 Å². The van der Waals surface area contributed by atoms with Gasteiger partial charge in [0.1, 0.15) is 11.9 Å². The molecule has 0 spiro atoms. The number of aliphatic imine (C=N–C) groups is 1. The van der Waals surface area contributed by atoms with Crippen molar-refractivity contribution in [3.63, 3.8) is 0 Å². The van der Waals surface area contributed by atoms with E-state index in [4.69, 9.17) is 9.47 Å². The molecular formula is C17H20N2O5S2. The number of hydrogen-bond acceptors (Lipinski definition) is 6. The van der Waals surface area contributed by atoms with Crippen molar-refractivity contribution in [1.82, 2.24) is 0 Å². The zero-order valence-electron chi connectivity index (χ0n) is 14.3. The summed E-state index contributed by atoms with van der Waals surface area (Å²) >= 11 is 1.36. The Morgan fingerprint density at radius 1 is 1.35 bits per heavy atom. The average Bonchev–Trinajstić information content (AvgIpc) is 3.29. The smallest absolute Gasteiger partial charge is 0.277 e. The number of rotatable bonds is 3. The molecule has 9 heteroatoms. The molecule has 3 saturated heterocycles. The number of thioether (sulfide) groups is 1. The fourth-order valence-electron chi connectivity index (χ4n) is 3.61. The summed E-state index contributed by atoms with van der Waals surface area (Å²) in [7, 11) is -1.53. The number of methoxy groups -OCH3 is 1. The van der Waals surface area contributed by atoms with Gasteiger partial charge < -0.3 is 14.4 Å². The standard InChI is InChI=1S/C17H20N2O5S2/c1-23-13-6-3-2-5-11(13)19-12-9-26(21,22)10-15(12)25-17(19)18-16(20)14-7-4-8-24-14/h2-3,5-6,12,14-15H,4,7-10H2,1H3/t12-,14+,15+/m1/s1. The number of fused-ring (bicyclic) bond motifs is 1. The van der Waals surface area contributed by atoms with Crippen molar-refractivity contribution in [2.24, 2.45) is 4.99 Å². The van der Waals surface area contributed by atoms with Gasteiger partial charge in [-0.25, -0.2) is 8.42 Å². The van der Waals surface area contributed by atoms with Crippen LogP contribution in [0, 0.1) is 0 Å². The molecular weight excluding hydrogens is 376 g/mol. The second-order valence-electron chi connectivity index (χ2n) is 6.58. The Morgan fingerprint density at radius 3 is 2.88 bits per heavy atom. The molecule has 4 rings (SSSR count). The second-order valence-corrected chi connectivity index (χ2v) is 9.94. The van der Waals surface area contributed by atoms with Crippen LogP contribution in [0.3, 0.4) is 0 Å². The quantitative estimate of drug-likeness (QED) is 0.765. The summed E-state index contributed by atoms with van der Waals surface area (Å²) in [4.78, 5) is 18.6. The van der Waals surface area contributed by atoms with E-state index in [0.29, 0.717) is 23.9 Å². The summed E-state index contributed by atoms with van der Waals surface area (Å²) in [5.74, 6) is 0.472. The lowest BCUT2D eigenvalue weighted by atomic mass is 10.2. The van der Waals surface area contributed by atoms with E-state index >= 15 is 0 Å². The van der Waals surface area contributed by atoms with Crippen molar-refractivity contribution in [2.75, 3.05) is 30.1 Å². The largest absolute Gasteiger partial charge is 0.495 e. The number of amides is 1. The first-order valence-corrected chi connectivity index (χ1v) is 11.2. The van der Waals surface area contributed by atoms with Gasteiger partial charge in [0.2, 0.25) is 0 Å². The van der Waals surface area contributed by atoms with E-state index < -0.39 is 15.9 Å². The normalized spacial score (nSPS) is 31.3. The fraction of sp³-hybridized carbons (Fsp3) is 0.529. The van der Waals surface area contributed by atoms with E-state index in [0.717, 1.165) is 12.1 Å². The number of hydrogen-bond donors (Lipinski definition) is 0. The minimum atomic E-state index is -3.10. The lowest BCUT2D eigenvalue weighted by molar-refractivity contribution is -0.126. The summed E-state index contributed by atoms with van der Waals surface area (Å²) in [6.45, 7) is 0.577. The van der Waals surface area contributed by atoms with E-state index in [-0.39, 0.29) is 28.7 Å². The summed E-state index contributed by atoms with van der Waals surface area (Å²) in [5, 5.41) is 0.390. The van der Waals surface area contributed by atoms with Crippen molar-refractivity contribution in [3.05, 3.63) is 24.3 Å². The number of benzene rings is 1. The first kappa shape index (κ1) is 17.8. The minimum Gasteiger partial charge on any atom is -0.495 e. The average molecular weight is 396 g/mol. The molecule has 0 unspecified atom stereocenters. The molecule has 1 aromatic rings. The highest BCUT2D eigenvalue weighted by Crippen LogP contribution is 2.43. The second kappa shape index (κ2) is 6.86. The molecule has 3 heterocycles. The maximum absolute atomic E-state index is 12.5. The van der Waals surface area contributed by atoms with Crippen LogP contribution in [0.2, 0.25) is 0 Å². The molecule has 0 saturated carbocycles. The number of amidine groups is 1. The number of carbonyl (C=O) groups is 1. The van der Waals surface area contributed by atoms with Crippen molar-refractivity contribution in [1.29, 1.82) is 0 Å². The number of nitrogens with zero attached hydrogens (tertiary/aromatic N) is 2. The Balaban J connectivity index is 1.72. The molecule has 7 nitrogen and oxygen atoms in total. The lowest BCUT2D eigenvalue weighted by Crippen LogP contribution is -2.38. The Hall–Kier alpha value is -1.58. The van der Waals surface area contributed by atoms with Crippen LogP contribution >= 0.6 is 11.8 Å². The van der Waals surface area contributed by atoms with Crippen LogP contribution in [-0.4, -0.2) is 62.1 Å². The SMILES string of the molecule is COc1ccccc1N1C(=NC(=O)[C@@H]2CCCO2)S[C@H]2CS(=O)(=O)C[C@H]21. The number of para-hydroxylation sites is 2. The summed E-state index contributed by atoms with van der Waals surface area (Å²) < 4.78 is 35.1. The number of sulfone groups is 1. The van der Waals surface area contributed by atoms with Gasteiger partial charge in [-0.05, 0) is 25.0 Å². The van der Waals surface area contributed by atoms with Crippen molar-refractivity contribution >= 4 is 38.4 Å². The van der Waals surface area contributed by atoms with Crippen LogP contribution in [0.4, 0.5) is 5.69 Å². The van der Waals surface area contributed by atoms with E-state index in [9.17, 15) is 13.2 Å². The molecule has 140 valence electrons. The molecule has 3 aliphatic heterocycles. The molecule has 26 heavy (non-hydrogen) atoms. The Morgan fingerprint density at radius 2 is 2.15 bits per heavy atom. The van der Waals surface area contributed by atoms with Gasteiger partial charge in [-0.15, -0.1) is 0 Å². The lowest BCUT2D eigenvalue weighted by Gasteiger charge is -2.26. The van der Waals surface area contributed by atoms with E-state index in [2.05, 4.69) is 4.99 Å². The predicted molar refractivity (Wildman–Crippen MR) is 101 cm³/mol. The zero-order chi connectivity index (χ0) is 18.3. The number of ether oxygens (including phenoxy) is 2. The number of anilines is 1. The molecule has 3 aliphatic rings. The molecule has 0 N–H and O–H groups in total. The van der Waals surface area contributed by atoms with Crippen molar-refractivity contribution < 1.29 is 22.7 Å². The molecule has 0 aliphatic carbocycles. The Bertz CT molecular complexity index is 848. The van der Waals surface area contributed by atoms with Gasteiger partial charge >= 0.3 is 0 Å². The highest BCUT2D eigenvalue weighted by Gasteiger charge is 2.50. The topological polar surface area (TPSA) is 85.3 Å². The van der Waals surface area contributed by atoms with Crippen LogP contribution in [0.5, 0.6) is 5.75 Å². The van der Waals surface area contributed by atoms with Crippen molar-refractivity contribution in [3.8, 4) is 5.75 Å². The van der Waals surface area contributed by atoms with Crippen molar-refractivity contribution in [2.45, 2.75) is 30.2 Å². The first-order chi connectivity index (χ1) is 12.5. The van der Waals surface area contributed by atoms with Crippen LogP contribution in [0.1, 0.15) is 12.8 Å². The van der Waals surface area contributed by atoms with Crippen LogP contribution in [0.25, 0.3) is 0 Å². The van der Waals surface area contributed by atoms with Gasteiger partial charge in [0.25, 0.3) is 5.91 Å². The summed E-state index contributed by atoms with van der Waals surface area (Å²) in [5.41, 5.74) is 0.728. The monoisotopic (exact) mass is 396 g/mol. The molecule has 1 amide bonds. The van der Waals surface area contributed by atoms with Gasteiger partial charge in [-0.1, -0.05) is 23.9 Å². The third kappa shape index (κ3) is 3.23. The molecule has 1 aromatic carbocycles. The zero-order valence-corrected chi connectivity index (χ0v) is 16.0. The Kier molecular flexibility index (Phi) is 4.70. The first-order valence-electron chi connectivity index (χ1n) is 8.52. The number of carbonyl (C=O) groups excluding carboxylic acids is 1. The molecule has 0 radical (unpaired) electrons. The molecule has 0 aromatic heterocycles. The third-order valence-electron chi connectivity index (χ3n) is 4.82. The van der Waals surface area contributed by atoms with Gasteiger partial charge in [0.15, 0.2) is 15.0 Å². The Labute approximate surface area is 156 Å². The molecule has 0 bridgehead atoms. The van der Waals surface area contributed by atoms with E-state index in [1.54, 1.807) is 7.11 Å². The summed E-state index contributed by atoms with van der Waals surface area (Å²) in [6.07, 6.45) is 1.04. The highest BCUT2D eigenvalue weighted by atomic mass is 32.2. The van der Waals surface area contributed by atoms with Crippen LogP contribution in [-0.2, 0) is 19.4 Å². The highest BCUT2D eigenvalue weighted by molar-refractivity contribution is 8.16. The van der Waals surface area contributed by atoms with E-state index in [1.807, 2.05) is 29.2 Å². The van der Waals surface area contributed by atoms with Crippen LogP contribution < -0.4 is 9.64 Å². The molecule has 3 fully saturated rings. The maximum atomic E-state index is 12.5. The van der Waals surface area contributed by atoms with Gasteiger partial charge in [0, 0.05) is 11.9 Å². The van der Waals surface area contributed by atoms with Gasteiger partial charge in [-0.3, -0.25) is 4.79 Å². The van der Waals surface area contributed by atoms with Gasteiger partial charge in [0.05, 0.1) is 30.3 Å². The third-order valence-corrected chi connectivity index (χ3v) is 8.03. The maximum Gasteiger partial charge on any atom is 0.277 e. The van der Waals surface area contributed by atoms with E-state index in [1.165, 1.54) is 11.8 Å². The predicted octanol–water partition coefficient (Wildman–Crippen LogP) is 1.48. The fourth-order valence-corrected chi connectivity index (χ4v) is 7.53. The molecule has 3 atom stereocenters. The minimum absolute atomic E-state index is 0.0514.